The van der Waals surface area contributed by atoms with Crippen molar-refractivity contribution >= 4 is 32.3 Å². The van der Waals surface area contributed by atoms with E-state index in [-0.39, 0.29) is 16.1 Å². The number of fused-ring (bicyclic) bond motifs is 1. The van der Waals surface area contributed by atoms with Crippen molar-refractivity contribution in [1.29, 1.82) is 0 Å². The highest BCUT2D eigenvalue weighted by molar-refractivity contribution is 7.91. The summed E-state index contributed by atoms with van der Waals surface area (Å²) in [5.74, 6) is -2.97. The van der Waals surface area contributed by atoms with E-state index < -0.39 is 32.2 Å². The second kappa shape index (κ2) is 7.17. The number of nitrogens with zero attached hydrogens (tertiary/aromatic N) is 1. The molecule has 29 heavy (non-hydrogen) atoms. The molecule has 0 amide bonds. The molecule has 146 valence electrons. The second-order valence-electron chi connectivity index (χ2n) is 6.26. The van der Waals surface area contributed by atoms with E-state index in [9.17, 15) is 21.6 Å². The summed E-state index contributed by atoms with van der Waals surface area (Å²) < 4.78 is 67.1. The Kier molecular flexibility index (Phi) is 4.80. The molecule has 0 radical (unpaired) electrons. The van der Waals surface area contributed by atoms with Crippen LogP contribution in [0.25, 0.3) is 22.2 Å². The molecule has 4 aromatic rings. The summed E-state index contributed by atoms with van der Waals surface area (Å²) in [5.41, 5.74) is 0.713. The number of rotatable bonds is 3. The average molecular weight is 434 g/mol. The Bertz CT molecular complexity index is 1360. The molecule has 0 N–H and O–H groups in total. The fourth-order valence-corrected chi connectivity index (χ4v) is 4.50. The summed E-state index contributed by atoms with van der Waals surface area (Å²) in [6.45, 7) is 0. The van der Waals surface area contributed by atoms with Gasteiger partial charge in [-0.25, -0.2) is 26.6 Å². The van der Waals surface area contributed by atoms with Crippen LogP contribution >= 0.6 is 11.6 Å². The van der Waals surface area contributed by atoms with Gasteiger partial charge >= 0.3 is 0 Å². The van der Waals surface area contributed by atoms with Crippen molar-refractivity contribution in [2.24, 2.45) is 0 Å². The molecule has 8 heteroatoms. The Morgan fingerprint density at radius 2 is 1.52 bits per heavy atom. The maximum Gasteiger partial charge on any atom is 0.208 e. The van der Waals surface area contributed by atoms with Crippen molar-refractivity contribution in [1.82, 2.24) is 4.98 Å². The summed E-state index contributed by atoms with van der Waals surface area (Å²) >= 11 is 5.91. The van der Waals surface area contributed by atoms with Gasteiger partial charge in [0.2, 0.25) is 9.84 Å². The van der Waals surface area contributed by atoms with E-state index in [0.29, 0.717) is 22.0 Å². The van der Waals surface area contributed by atoms with Crippen LogP contribution in [0.1, 0.15) is 0 Å². The molecule has 0 atom stereocenters. The Morgan fingerprint density at radius 3 is 2.21 bits per heavy atom. The largest absolute Gasteiger partial charge is 0.246 e. The van der Waals surface area contributed by atoms with Crippen molar-refractivity contribution < 1.29 is 21.6 Å². The number of hydrogen-bond acceptors (Lipinski definition) is 3. The number of sulfone groups is 1. The third-order valence-electron chi connectivity index (χ3n) is 4.35. The van der Waals surface area contributed by atoms with Crippen molar-refractivity contribution in [3.8, 4) is 11.3 Å². The third-order valence-corrected chi connectivity index (χ3v) is 6.37. The van der Waals surface area contributed by atoms with Crippen LogP contribution in [-0.2, 0) is 9.84 Å². The summed E-state index contributed by atoms with van der Waals surface area (Å²) in [7, 11) is -4.26. The predicted molar refractivity (Wildman–Crippen MR) is 104 cm³/mol. The van der Waals surface area contributed by atoms with Gasteiger partial charge in [-0.2, -0.15) is 0 Å². The molecule has 1 heterocycles. The molecular formula is C21H11ClF3NO2S. The van der Waals surface area contributed by atoms with Gasteiger partial charge in [0.25, 0.3) is 0 Å². The zero-order chi connectivity index (χ0) is 20.8. The molecule has 3 aromatic carbocycles. The smallest absolute Gasteiger partial charge is 0.208 e. The van der Waals surface area contributed by atoms with Crippen LogP contribution in [0.15, 0.2) is 76.5 Å². The lowest BCUT2D eigenvalue weighted by Crippen LogP contribution is -2.07. The van der Waals surface area contributed by atoms with E-state index in [0.717, 1.165) is 12.1 Å². The molecular weight excluding hydrogens is 423 g/mol. The van der Waals surface area contributed by atoms with E-state index in [2.05, 4.69) is 4.98 Å². The number of hydrogen-bond donors (Lipinski definition) is 0. The van der Waals surface area contributed by atoms with Gasteiger partial charge < -0.3 is 0 Å². The van der Waals surface area contributed by atoms with E-state index in [4.69, 9.17) is 11.6 Å². The summed E-state index contributed by atoms with van der Waals surface area (Å²) in [6, 6.07) is 13.7. The van der Waals surface area contributed by atoms with Gasteiger partial charge in [-0.1, -0.05) is 23.7 Å². The van der Waals surface area contributed by atoms with Crippen LogP contribution in [0.5, 0.6) is 0 Å². The number of aromatic nitrogens is 1. The number of halogens is 4. The van der Waals surface area contributed by atoms with Gasteiger partial charge in [-0.15, -0.1) is 0 Å². The lowest BCUT2D eigenvalue weighted by atomic mass is 10.1. The van der Waals surface area contributed by atoms with E-state index in [1.165, 1.54) is 24.3 Å². The fraction of sp³-hybridized carbons (Fsp3) is 0. The van der Waals surface area contributed by atoms with E-state index in [1.807, 2.05) is 0 Å². The standard InChI is InChI=1S/C21H11ClF3NO2S/c22-14-4-1-12(2-5-14)21-20(9-13-3-6-15(23)10-19(13)26-21)29(27,28)16-7-8-17(24)18(25)11-16/h1-11H. The maximum atomic E-state index is 13.7. The predicted octanol–water partition coefficient (Wildman–Crippen LogP) is 5.81. The van der Waals surface area contributed by atoms with Crippen molar-refractivity contribution in [3.63, 3.8) is 0 Å². The molecule has 0 bridgehead atoms. The number of benzene rings is 3. The second-order valence-corrected chi connectivity index (χ2v) is 8.61. The van der Waals surface area contributed by atoms with Gasteiger partial charge in [0.05, 0.1) is 21.0 Å². The SMILES string of the molecule is O=S(=O)(c1ccc(F)c(F)c1)c1cc2ccc(F)cc2nc1-c1ccc(Cl)cc1. The topological polar surface area (TPSA) is 47.0 Å². The molecule has 0 aliphatic rings. The molecule has 0 fully saturated rings. The number of pyridine rings is 1. The van der Waals surface area contributed by atoms with Crippen molar-refractivity contribution in [3.05, 3.63) is 89.2 Å². The van der Waals surface area contributed by atoms with Gasteiger partial charge in [0.1, 0.15) is 5.82 Å². The lowest BCUT2D eigenvalue weighted by Gasteiger charge is -2.12. The van der Waals surface area contributed by atoms with Crippen LogP contribution in [0.4, 0.5) is 13.2 Å². The minimum atomic E-state index is -4.26. The van der Waals surface area contributed by atoms with Crippen molar-refractivity contribution in [2.75, 3.05) is 0 Å². The first-order valence-corrected chi connectivity index (χ1v) is 10.2. The summed E-state index contributed by atoms with van der Waals surface area (Å²) in [5, 5.41) is 0.816. The summed E-state index contributed by atoms with van der Waals surface area (Å²) in [6.07, 6.45) is 0. The van der Waals surface area contributed by atoms with Gasteiger partial charge in [-0.3, -0.25) is 0 Å². The monoisotopic (exact) mass is 433 g/mol. The minimum absolute atomic E-state index is 0.0458. The molecule has 4 rings (SSSR count). The normalized spacial score (nSPS) is 11.7. The van der Waals surface area contributed by atoms with Crippen LogP contribution in [0, 0.1) is 17.5 Å². The lowest BCUT2D eigenvalue weighted by molar-refractivity contribution is 0.504. The Labute approximate surface area is 169 Å². The van der Waals surface area contributed by atoms with Gasteiger partial charge in [0.15, 0.2) is 11.6 Å². The molecule has 3 nitrogen and oxygen atoms in total. The zero-order valence-corrected chi connectivity index (χ0v) is 16.1. The molecule has 0 saturated heterocycles. The van der Waals surface area contributed by atoms with Crippen LogP contribution in [-0.4, -0.2) is 13.4 Å². The molecule has 0 saturated carbocycles. The van der Waals surface area contributed by atoms with Gasteiger partial charge in [0, 0.05) is 22.0 Å². The summed E-state index contributed by atoms with van der Waals surface area (Å²) in [4.78, 5) is 3.70. The first kappa shape index (κ1) is 19.4. The highest BCUT2D eigenvalue weighted by Crippen LogP contribution is 2.34. The Balaban J connectivity index is 2.03. The van der Waals surface area contributed by atoms with Crippen molar-refractivity contribution in [2.45, 2.75) is 9.79 Å². The maximum absolute atomic E-state index is 13.7. The fourth-order valence-electron chi connectivity index (χ4n) is 2.91. The average Bonchev–Trinajstić information content (AvgIpc) is 2.69. The molecule has 0 spiro atoms. The minimum Gasteiger partial charge on any atom is -0.246 e. The molecule has 0 aliphatic carbocycles. The molecule has 1 aromatic heterocycles. The highest BCUT2D eigenvalue weighted by Gasteiger charge is 2.25. The van der Waals surface area contributed by atoms with Gasteiger partial charge in [-0.05, 0) is 48.5 Å². The van der Waals surface area contributed by atoms with E-state index in [1.54, 1.807) is 24.3 Å². The van der Waals surface area contributed by atoms with Crippen LogP contribution in [0.3, 0.4) is 0 Å². The Morgan fingerprint density at radius 1 is 0.793 bits per heavy atom. The zero-order valence-electron chi connectivity index (χ0n) is 14.5. The Hall–Kier alpha value is -2.90. The first-order chi connectivity index (χ1) is 13.8. The highest BCUT2D eigenvalue weighted by atomic mass is 35.5. The van der Waals surface area contributed by atoms with Crippen LogP contribution < -0.4 is 0 Å². The quantitative estimate of drug-likeness (QED) is 0.383. The first-order valence-electron chi connectivity index (χ1n) is 8.32. The van der Waals surface area contributed by atoms with Crippen LogP contribution in [0.2, 0.25) is 5.02 Å². The molecule has 0 unspecified atom stereocenters. The van der Waals surface area contributed by atoms with E-state index >= 15 is 0 Å². The molecule has 0 aliphatic heterocycles. The third kappa shape index (κ3) is 3.59.